The monoisotopic (exact) mass is 324 g/mol. The summed E-state index contributed by atoms with van der Waals surface area (Å²) in [6.07, 6.45) is -2.07. The first-order valence-corrected chi connectivity index (χ1v) is 7.11. The summed E-state index contributed by atoms with van der Waals surface area (Å²) >= 11 is 0. The molecule has 2 aromatic heterocycles. The van der Waals surface area contributed by atoms with Crippen molar-refractivity contribution in [1.29, 1.82) is 0 Å². The molecule has 0 aliphatic carbocycles. The molecule has 0 aromatic carbocycles. The predicted molar refractivity (Wildman–Crippen MR) is 78.3 cm³/mol. The van der Waals surface area contributed by atoms with Crippen LogP contribution in [0.15, 0.2) is 36.7 Å². The van der Waals surface area contributed by atoms with Crippen molar-refractivity contribution in [2.75, 3.05) is 25.0 Å². The van der Waals surface area contributed by atoms with Gasteiger partial charge in [0.25, 0.3) is 0 Å². The van der Waals surface area contributed by atoms with Crippen LogP contribution in [-0.2, 0) is 10.9 Å². The zero-order valence-corrected chi connectivity index (χ0v) is 12.1. The first kappa shape index (κ1) is 15.7. The Morgan fingerprint density at radius 2 is 2.00 bits per heavy atom. The van der Waals surface area contributed by atoms with Gasteiger partial charge in [-0.2, -0.15) is 13.2 Å². The Hall–Kier alpha value is -2.19. The molecule has 0 bridgehead atoms. The Balaban J connectivity index is 1.66. The van der Waals surface area contributed by atoms with Crippen molar-refractivity contribution in [3.8, 4) is 0 Å². The fraction of sp³-hybridized carbons (Fsp3) is 0.333. The van der Waals surface area contributed by atoms with Crippen molar-refractivity contribution in [2.45, 2.75) is 12.3 Å². The van der Waals surface area contributed by atoms with E-state index in [-0.39, 0.29) is 6.10 Å². The van der Waals surface area contributed by atoms with Gasteiger partial charge in [-0.3, -0.25) is 4.98 Å². The molecule has 1 aliphatic rings. The molecule has 3 heterocycles. The number of hydrogen-bond acceptors (Lipinski definition) is 5. The van der Waals surface area contributed by atoms with E-state index in [9.17, 15) is 13.2 Å². The third-order valence-corrected chi connectivity index (χ3v) is 3.41. The van der Waals surface area contributed by atoms with Gasteiger partial charge in [-0.05, 0) is 24.3 Å². The second-order valence-electron chi connectivity index (χ2n) is 5.09. The summed E-state index contributed by atoms with van der Waals surface area (Å²) in [5.74, 6) is 0.322. The molecular formula is C15H15F3N4O. The molecule has 122 valence electrons. The standard InChI is InChI=1S/C15H15F3N4O/c16-15(17,18)10-1-4-14(21-7-10)22-11-2-3-12(20-8-11)13-9-19-5-6-23-13/h1-4,7-8,13,19H,5-6,9H2,(H,21,22)/t13-/m1/s1. The zero-order valence-electron chi connectivity index (χ0n) is 12.1. The Labute approximate surface area is 130 Å². The summed E-state index contributed by atoms with van der Waals surface area (Å²) in [7, 11) is 0. The van der Waals surface area contributed by atoms with E-state index in [1.54, 1.807) is 12.3 Å². The molecule has 5 nitrogen and oxygen atoms in total. The number of ether oxygens (including phenoxy) is 1. The molecule has 2 aromatic rings. The number of hydrogen-bond donors (Lipinski definition) is 2. The smallest absolute Gasteiger partial charge is 0.369 e. The minimum Gasteiger partial charge on any atom is -0.369 e. The predicted octanol–water partition coefficient (Wildman–Crippen LogP) is 2.90. The SMILES string of the molecule is FC(F)(F)c1ccc(Nc2ccc([C@H]3CNCCO3)nc2)nc1. The van der Waals surface area contributed by atoms with Crippen LogP contribution in [0, 0.1) is 0 Å². The van der Waals surface area contributed by atoms with Crippen LogP contribution in [0.3, 0.4) is 0 Å². The lowest BCUT2D eigenvalue weighted by atomic mass is 10.2. The van der Waals surface area contributed by atoms with Gasteiger partial charge >= 0.3 is 6.18 Å². The van der Waals surface area contributed by atoms with Crippen molar-refractivity contribution >= 4 is 11.5 Å². The van der Waals surface area contributed by atoms with Crippen molar-refractivity contribution < 1.29 is 17.9 Å². The van der Waals surface area contributed by atoms with Crippen LogP contribution in [-0.4, -0.2) is 29.7 Å². The molecule has 1 saturated heterocycles. The lowest BCUT2D eigenvalue weighted by molar-refractivity contribution is -0.137. The molecule has 0 saturated carbocycles. The molecule has 0 amide bonds. The Bertz CT molecular complexity index is 637. The highest BCUT2D eigenvalue weighted by Gasteiger charge is 2.30. The Morgan fingerprint density at radius 1 is 1.13 bits per heavy atom. The van der Waals surface area contributed by atoms with Crippen LogP contribution in [0.2, 0.25) is 0 Å². The van der Waals surface area contributed by atoms with Gasteiger partial charge in [-0.25, -0.2) is 4.98 Å². The van der Waals surface area contributed by atoms with Gasteiger partial charge in [-0.1, -0.05) is 0 Å². The van der Waals surface area contributed by atoms with Gasteiger partial charge in [0.1, 0.15) is 11.9 Å². The Kier molecular flexibility index (Phi) is 4.44. The first-order valence-electron chi connectivity index (χ1n) is 7.11. The van der Waals surface area contributed by atoms with Crippen LogP contribution in [0.5, 0.6) is 0 Å². The lowest BCUT2D eigenvalue weighted by Gasteiger charge is -2.23. The largest absolute Gasteiger partial charge is 0.417 e. The number of morpholine rings is 1. The van der Waals surface area contributed by atoms with E-state index in [1.165, 1.54) is 6.07 Å². The summed E-state index contributed by atoms with van der Waals surface area (Å²) in [6, 6.07) is 5.88. The average molecular weight is 324 g/mol. The number of anilines is 2. The van der Waals surface area contributed by atoms with E-state index < -0.39 is 11.7 Å². The molecule has 1 atom stereocenters. The highest BCUT2D eigenvalue weighted by molar-refractivity contribution is 5.55. The fourth-order valence-electron chi connectivity index (χ4n) is 2.21. The summed E-state index contributed by atoms with van der Waals surface area (Å²) < 4.78 is 43.0. The van der Waals surface area contributed by atoms with Gasteiger partial charge < -0.3 is 15.4 Å². The number of halogens is 3. The number of alkyl halides is 3. The van der Waals surface area contributed by atoms with Gasteiger partial charge in [0.2, 0.25) is 0 Å². The molecule has 0 radical (unpaired) electrons. The number of rotatable bonds is 3. The second-order valence-corrected chi connectivity index (χ2v) is 5.09. The van der Waals surface area contributed by atoms with E-state index in [0.29, 0.717) is 24.7 Å². The third-order valence-electron chi connectivity index (χ3n) is 3.41. The maximum Gasteiger partial charge on any atom is 0.417 e. The topological polar surface area (TPSA) is 59.1 Å². The highest BCUT2D eigenvalue weighted by Crippen LogP contribution is 2.29. The average Bonchev–Trinajstić information content (AvgIpc) is 2.56. The second kappa shape index (κ2) is 6.51. The maximum atomic E-state index is 12.5. The molecule has 3 rings (SSSR count). The molecule has 0 spiro atoms. The highest BCUT2D eigenvalue weighted by atomic mass is 19.4. The molecule has 2 N–H and O–H groups in total. The van der Waals surface area contributed by atoms with Crippen molar-refractivity contribution in [3.05, 3.63) is 47.9 Å². The van der Waals surface area contributed by atoms with E-state index in [0.717, 1.165) is 24.5 Å². The molecule has 1 fully saturated rings. The summed E-state index contributed by atoms with van der Waals surface area (Å²) in [6.45, 7) is 2.18. The zero-order chi connectivity index (χ0) is 16.3. The minimum absolute atomic E-state index is 0.0815. The van der Waals surface area contributed by atoms with E-state index >= 15 is 0 Å². The number of nitrogens with zero attached hydrogens (tertiary/aromatic N) is 2. The molecule has 8 heteroatoms. The normalized spacial score (nSPS) is 18.7. The van der Waals surface area contributed by atoms with E-state index in [2.05, 4.69) is 20.6 Å². The van der Waals surface area contributed by atoms with Crippen molar-refractivity contribution in [1.82, 2.24) is 15.3 Å². The van der Waals surface area contributed by atoms with Crippen LogP contribution < -0.4 is 10.6 Å². The van der Waals surface area contributed by atoms with Gasteiger partial charge in [0, 0.05) is 19.3 Å². The molecule has 1 aliphatic heterocycles. The van der Waals surface area contributed by atoms with Crippen LogP contribution in [0.1, 0.15) is 17.4 Å². The van der Waals surface area contributed by atoms with Gasteiger partial charge in [0.05, 0.1) is 29.7 Å². The summed E-state index contributed by atoms with van der Waals surface area (Å²) in [4.78, 5) is 8.08. The summed E-state index contributed by atoms with van der Waals surface area (Å²) in [5.41, 5.74) is 0.673. The molecule has 0 unspecified atom stereocenters. The van der Waals surface area contributed by atoms with Crippen molar-refractivity contribution in [3.63, 3.8) is 0 Å². The minimum atomic E-state index is -4.39. The van der Waals surface area contributed by atoms with E-state index in [1.807, 2.05) is 6.07 Å². The van der Waals surface area contributed by atoms with Crippen LogP contribution in [0.25, 0.3) is 0 Å². The third kappa shape index (κ3) is 3.96. The lowest BCUT2D eigenvalue weighted by Crippen LogP contribution is -2.33. The summed E-state index contributed by atoms with van der Waals surface area (Å²) in [5, 5.41) is 6.14. The number of aromatic nitrogens is 2. The Morgan fingerprint density at radius 3 is 2.57 bits per heavy atom. The maximum absolute atomic E-state index is 12.5. The number of nitrogens with one attached hydrogen (secondary N) is 2. The fourth-order valence-corrected chi connectivity index (χ4v) is 2.21. The molecular weight excluding hydrogens is 309 g/mol. The van der Waals surface area contributed by atoms with Crippen LogP contribution >= 0.6 is 0 Å². The quantitative estimate of drug-likeness (QED) is 0.909. The van der Waals surface area contributed by atoms with Gasteiger partial charge in [0.15, 0.2) is 0 Å². The van der Waals surface area contributed by atoms with E-state index in [4.69, 9.17) is 4.74 Å². The number of pyridine rings is 2. The first-order chi connectivity index (χ1) is 11.0. The van der Waals surface area contributed by atoms with Gasteiger partial charge in [-0.15, -0.1) is 0 Å². The van der Waals surface area contributed by atoms with Crippen LogP contribution in [0.4, 0.5) is 24.7 Å². The molecule has 23 heavy (non-hydrogen) atoms. The van der Waals surface area contributed by atoms with Crippen molar-refractivity contribution in [2.24, 2.45) is 0 Å².